The fraction of sp³-hybridized carbons (Fsp3) is 0.650. The maximum Gasteiger partial charge on any atom is 0.191 e. The molecule has 3 rings (SSSR count). The summed E-state index contributed by atoms with van der Waals surface area (Å²) in [4.78, 5) is 9.29. The van der Waals surface area contributed by atoms with Crippen molar-refractivity contribution >= 4 is 29.9 Å². The summed E-state index contributed by atoms with van der Waals surface area (Å²) in [5.74, 6) is 0.674. The highest BCUT2D eigenvalue weighted by Crippen LogP contribution is 2.25. The molecular formula is C20H33IN4. The molecule has 0 saturated heterocycles. The third-order valence-electron chi connectivity index (χ3n) is 5.60. The molecule has 0 atom stereocenters. The second-order valence-electron chi connectivity index (χ2n) is 7.49. The Kier molecular flexibility index (Phi) is 8.00. The van der Waals surface area contributed by atoms with Gasteiger partial charge in [-0.3, -0.25) is 4.90 Å². The van der Waals surface area contributed by atoms with Gasteiger partial charge in [-0.05, 0) is 43.9 Å². The van der Waals surface area contributed by atoms with Crippen LogP contribution in [0.25, 0.3) is 0 Å². The van der Waals surface area contributed by atoms with Crippen LogP contribution >= 0.6 is 24.0 Å². The summed E-state index contributed by atoms with van der Waals surface area (Å²) in [5, 5.41) is 0. The van der Waals surface area contributed by atoms with Crippen LogP contribution in [0.5, 0.6) is 0 Å². The highest BCUT2D eigenvalue weighted by molar-refractivity contribution is 14.0. The van der Waals surface area contributed by atoms with Crippen LogP contribution in [0, 0.1) is 0 Å². The lowest BCUT2D eigenvalue weighted by molar-refractivity contribution is 0.184. The summed E-state index contributed by atoms with van der Waals surface area (Å²) in [6, 6.07) is 10.0. The lowest BCUT2D eigenvalue weighted by atomic mass is 9.94. The van der Waals surface area contributed by atoms with Crippen LogP contribution in [0.3, 0.4) is 0 Å². The van der Waals surface area contributed by atoms with Crippen molar-refractivity contribution in [3.63, 3.8) is 0 Å². The lowest BCUT2D eigenvalue weighted by Crippen LogP contribution is -2.35. The normalized spacial score (nSPS) is 18.9. The van der Waals surface area contributed by atoms with Crippen LogP contribution in [-0.4, -0.2) is 41.9 Å². The third kappa shape index (κ3) is 5.84. The van der Waals surface area contributed by atoms with Crippen LogP contribution in [0.4, 0.5) is 0 Å². The Morgan fingerprint density at radius 2 is 1.64 bits per heavy atom. The van der Waals surface area contributed by atoms with Gasteiger partial charge in [0.15, 0.2) is 5.96 Å². The average Bonchev–Trinajstić information content (AvgIpc) is 3.46. The molecule has 2 saturated carbocycles. The van der Waals surface area contributed by atoms with Gasteiger partial charge in [0, 0.05) is 25.7 Å². The average molecular weight is 456 g/mol. The second kappa shape index (κ2) is 9.76. The number of guanidine groups is 1. The zero-order valence-electron chi connectivity index (χ0n) is 15.7. The molecule has 0 aliphatic heterocycles. The van der Waals surface area contributed by atoms with E-state index in [4.69, 9.17) is 5.73 Å². The third-order valence-corrected chi connectivity index (χ3v) is 5.60. The van der Waals surface area contributed by atoms with E-state index in [2.05, 4.69) is 53.2 Å². The molecule has 0 aromatic heterocycles. The fourth-order valence-electron chi connectivity index (χ4n) is 3.71. The molecular weight excluding hydrogens is 423 g/mol. The topological polar surface area (TPSA) is 44.9 Å². The molecule has 0 amide bonds. The second-order valence-corrected chi connectivity index (χ2v) is 7.49. The molecule has 2 fully saturated rings. The Hall–Kier alpha value is -0.820. The summed E-state index contributed by atoms with van der Waals surface area (Å²) < 4.78 is 0. The van der Waals surface area contributed by atoms with Gasteiger partial charge >= 0.3 is 0 Å². The zero-order valence-corrected chi connectivity index (χ0v) is 18.0. The van der Waals surface area contributed by atoms with Crippen molar-refractivity contribution in [1.29, 1.82) is 0 Å². The zero-order chi connectivity index (χ0) is 16.9. The standard InChI is InChI=1S/C20H32N4.HI/c1-23(18-10-4-3-5-11-18)15-17-9-7-6-8-16(17)14-22-20(21)24(2)19-12-13-19;/h6-9,18-19H,3-5,10-15H2,1-2H3,(H2,21,22);1H. The molecule has 140 valence electrons. The number of rotatable bonds is 6. The quantitative estimate of drug-likeness (QED) is 0.400. The molecule has 1 aromatic carbocycles. The van der Waals surface area contributed by atoms with Crippen LogP contribution in [0.1, 0.15) is 56.1 Å². The molecule has 2 N–H and O–H groups in total. The van der Waals surface area contributed by atoms with Crippen LogP contribution in [-0.2, 0) is 13.1 Å². The minimum absolute atomic E-state index is 0. The molecule has 0 radical (unpaired) electrons. The van der Waals surface area contributed by atoms with Crippen LogP contribution in [0.2, 0.25) is 0 Å². The van der Waals surface area contributed by atoms with Crippen molar-refractivity contribution in [2.45, 2.75) is 70.1 Å². The van der Waals surface area contributed by atoms with Crippen molar-refractivity contribution in [2.24, 2.45) is 10.7 Å². The van der Waals surface area contributed by atoms with Crippen molar-refractivity contribution in [3.05, 3.63) is 35.4 Å². The molecule has 0 unspecified atom stereocenters. The number of halogens is 1. The molecule has 0 bridgehead atoms. The predicted octanol–water partition coefficient (Wildman–Crippen LogP) is 3.98. The number of hydrogen-bond acceptors (Lipinski definition) is 2. The van der Waals surface area contributed by atoms with E-state index in [-0.39, 0.29) is 24.0 Å². The number of hydrogen-bond donors (Lipinski definition) is 1. The van der Waals surface area contributed by atoms with Crippen LogP contribution in [0.15, 0.2) is 29.3 Å². The van der Waals surface area contributed by atoms with E-state index in [1.807, 2.05) is 0 Å². The SMILES string of the molecule is CN(Cc1ccccc1CN=C(N)N(C)C1CC1)C1CCCCC1.I. The summed E-state index contributed by atoms with van der Waals surface area (Å²) in [5.41, 5.74) is 8.82. The summed E-state index contributed by atoms with van der Waals surface area (Å²) in [6.07, 6.45) is 9.34. The van der Waals surface area contributed by atoms with Crippen molar-refractivity contribution in [2.75, 3.05) is 14.1 Å². The van der Waals surface area contributed by atoms with Gasteiger partial charge in [-0.25, -0.2) is 4.99 Å². The minimum Gasteiger partial charge on any atom is -0.370 e. The van der Waals surface area contributed by atoms with Gasteiger partial charge < -0.3 is 10.6 Å². The fourth-order valence-corrected chi connectivity index (χ4v) is 3.71. The lowest BCUT2D eigenvalue weighted by Gasteiger charge is -2.31. The van der Waals surface area contributed by atoms with Gasteiger partial charge in [0.05, 0.1) is 6.54 Å². The van der Waals surface area contributed by atoms with E-state index in [0.717, 1.165) is 12.6 Å². The molecule has 5 heteroatoms. The van der Waals surface area contributed by atoms with E-state index in [9.17, 15) is 0 Å². The molecule has 2 aliphatic rings. The van der Waals surface area contributed by atoms with Gasteiger partial charge in [-0.2, -0.15) is 0 Å². The Morgan fingerprint density at radius 1 is 1.00 bits per heavy atom. The number of benzene rings is 1. The molecule has 0 heterocycles. The first kappa shape index (κ1) is 20.5. The van der Waals surface area contributed by atoms with Gasteiger partial charge in [0.2, 0.25) is 0 Å². The van der Waals surface area contributed by atoms with E-state index < -0.39 is 0 Å². The first-order chi connectivity index (χ1) is 11.6. The molecule has 2 aliphatic carbocycles. The first-order valence-electron chi connectivity index (χ1n) is 9.45. The molecule has 0 spiro atoms. The van der Waals surface area contributed by atoms with Gasteiger partial charge in [-0.15, -0.1) is 24.0 Å². The number of aliphatic imine (C=N–C) groups is 1. The van der Waals surface area contributed by atoms with Crippen molar-refractivity contribution < 1.29 is 0 Å². The van der Waals surface area contributed by atoms with Crippen molar-refractivity contribution in [1.82, 2.24) is 9.80 Å². The maximum atomic E-state index is 6.14. The molecule has 25 heavy (non-hydrogen) atoms. The van der Waals surface area contributed by atoms with E-state index in [1.54, 1.807) is 0 Å². The first-order valence-corrected chi connectivity index (χ1v) is 9.45. The Morgan fingerprint density at radius 3 is 2.28 bits per heavy atom. The van der Waals surface area contributed by atoms with Crippen molar-refractivity contribution in [3.8, 4) is 0 Å². The van der Waals surface area contributed by atoms with Gasteiger partial charge in [-0.1, -0.05) is 43.5 Å². The monoisotopic (exact) mass is 456 g/mol. The smallest absolute Gasteiger partial charge is 0.191 e. The summed E-state index contributed by atoms with van der Waals surface area (Å²) >= 11 is 0. The van der Waals surface area contributed by atoms with E-state index >= 15 is 0 Å². The number of nitrogens with two attached hydrogens (primary N) is 1. The highest BCUT2D eigenvalue weighted by Gasteiger charge is 2.27. The highest BCUT2D eigenvalue weighted by atomic mass is 127. The number of nitrogens with zero attached hydrogens (tertiary/aromatic N) is 3. The minimum atomic E-state index is 0. The van der Waals surface area contributed by atoms with Crippen LogP contribution < -0.4 is 5.73 Å². The van der Waals surface area contributed by atoms with E-state index in [1.165, 1.54) is 56.1 Å². The summed E-state index contributed by atoms with van der Waals surface area (Å²) in [6.45, 7) is 1.69. The van der Waals surface area contributed by atoms with Gasteiger partial charge in [0.25, 0.3) is 0 Å². The van der Waals surface area contributed by atoms with E-state index in [0.29, 0.717) is 18.5 Å². The van der Waals surface area contributed by atoms with Gasteiger partial charge in [0.1, 0.15) is 0 Å². The molecule has 1 aromatic rings. The predicted molar refractivity (Wildman–Crippen MR) is 116 cm³/mol. The molecule has 4 nitrogen and oxygen atoms in total. The maximum absolute atomic E-state index is 6.14. The Labute approximate surface area is 169 Å². The summed E-state index contributed by atoms with van der Waals surface area (Å²) in [7, 11) is 4.32. The largest absolute Gasteiger partial charge is 0.370 e. The Balaban J connectivity index is 0.00000225. The Bertz CT molecular complexity index is 565.